The van der Waals surface area contributed by atoms with Gasteiger partial charge in [0.2, 0.25) is 5.91 Å². The van der Waals surface area contributed by atoms with Crippen LogP contribution in [-0.2, 0) is 4.79 Å². The fourth-order valence-corrected chi connectivity index (χ4v) is 3.58. The predicted molar refractivity (Wildman–Crippen MR) is 111 cm³/mol. The van der Waals surface area contributed by atoms with Crippen molar-refractivity contribution in [2.24, 2.45) is 0 Å². The Balaban J connectivity index is 1.78. The smallest absolute Gasteiger partial charge is 0.242 e. The Morgan fingerprint density at radius 3 is 2.36 bits per heavy atom. The third-order valence-corrected chi connectivity index (χ3v) is 5.17. The molecule has 2 atom stereocenters. The molecule has 0 aliphatic carbocycles. The molecule has 0 saturated carbocycles. The van der Waals surface area contributed by atoms with Crippen molar-refractivity contribution >= 4 is 5.91 Å². The van der Waals surface area contributed by atoms with Gasteiger partial charge in [0.05, 0.1) is 19.3 Å². The first kappa shape index (κ1) is 20.2. The largest absolute Gasteiger partial charge is 0.490 e. The number of nitrogens with one attached hydrogen (secondary N) is 1. The minimum atomic E-state index is -0.306. The summed E-state index contributed by atoms with van der Waals surface area (Å²) in [6.45, 7) is 9.10. The highest BCUT2D eigenvalue weighted by molar-refractivity contribution is 5.83. The zero-order valence-corrected chi connectivity index (χ0v) is 17.0. The number of ether oxygens (including phenoxy) is 2. The number of amides is 1. The van der Waals surface area contributed by atoms with E-state index in [1.165, 1.54) is 0 Å². The molecule has 2 aromatic carbocycles. The molecule has 0 radical (unpaired) electrons. The summed E-state index contributed by atoms with van der Waals surface area (Å²) in [5.41, 5.74) is 2.01. The van der Waals surface area contributed by atoms with Crippen molar-refractivity contribution in [3.05, 3.63) is 59.7 Å². The maximum atomic E-state index is 13.2. The number of rotatable bonds is 7. The van der Waals surface area contributed by atoms with Crippen LogP contribution in [0.2, 0.25) is 0 Å². The van der Waals surface area contributed by atoms with Crippen molar-refractivity contribution in [2.45, 2.75) is 39.3 Å². The standard InChI is InChI=1S/C23H30N2O3/c1-4-25(5-2)22(18-10-7-6-8-11-18)23(26)24-17(3)19-12-13-20-21(16-19)28-15-9-14-27-20/h6-8,10-13,16-17,22H,4-5,9,14-15H2,1-3H3,(H,24,26). The van der Waals surface area contributed by atoms with Crippen LogP contribution in [0.3, 0.4) is 0 Å². The first-order valence-electron chi connectivity index (χ1n) is 10.1. The summed E-state index contributed by atoms with van der Waals surface area (Å²) in [5, 5.41) is 3.19. The second kappa shape index (κ2) is 9.60. The highest BCUT2D eigenvalue weighted by Gasteiger charge is 2.27. The number of likely N-dealkylation sites (N-methyl/N-ethyl adjacent to an activating group) is 1. The van der Waals surface area contributed by atoms with E-state index in [1.807, 2.05) is 55.5 Å². The lowest BCUT2D eigenvalue weighted by atomic mass is 10.0. The normalized spacial score (nSPS) is 15.6. The van der Waals surface area contributed by atoms with Crippen molar-refractivity contribution in [1.82, 2.24) is 10.2 Å². The van der Waals surface area contributed by atoms with Crippen molar-refractivity contribution in [3.8, 4) is 11.5 Å². The molecule has 5 nitrogen and oxygen atoms in total. The molecular formula is C23H30N2O3. The third kappa shape index (κ3) is 4.65. The van der Waals surface area contributed by atoms with Gasteiger partial charge >= 0.3 is 0 Å². The quantitative estimate of drug-likeness (QED) is 0.783. The Morgan fingerprint density at radius 2 is 1.68 bits per heavy atom. The van der Waals surface area contributed by atoms with Gasteiger partial charge in [-0.3, -0.25) is 9.69 Å². The van der Waals surface area contributed by atoms with E-state index in [4.69, 9.17) is 9.47 Å². The maximum absolute atomic E-state index is 13.2. The second-order valence-corrected chi connectivity index (χ2v) is 7.02. The van der Waals surface area contributed by atoms with Crippen LogP contribution >= 0.6 is 0 Å². The van der Waals surface area contributed by atoms with Gasteiger partial charge in [-0.25, -0.2) is 0 Å². The molecule has 150 valence electrons. The number of hydrogen-bond acceptors (Lipinski definition) is 4. The molecule has 1 aliphatic rings. The number of hydrogen-bond donors (Lipinski definition) is 1. The molecule has 2 unspecified atom stereocenters. The first-order chi connectivity index (χ1) is 13.6. The molecule has 0 spiro atoms. The van der Waals surface area contributed by atoms with E-state index in [0.717, 1.165) is 42.1 Å². The predicted octanol–water partition coefficient (Wildman–Crippen LogP) is 4.11. The molecule has 0 fully saturated rings. The first-order valence-corrected chi connectivity index (χ1v) is 10.1. The molecule has 1 N–H and O–H groups in total. The van der Waals surface area contributed by atoms with Crippen LogP contribution in [0.25, 0.3) is 0 Å². The van der Waals surface area contributed by atoms with Gasteiger partial charge < -0.3 is 14.8 Å². The molecule has 1 amide bonds. The van der Waals surface area contributed by atoms with Gasteiger partial charge in [0, 0.05) is 6.42 Å². The molecule has 2 aromatic rings. The van der Waals surface area contributed by atoms with E-state index >= 15 is 0 Å². The van der Waals surface area contributed by atoms with Gasteiger partial charge in [0.15, 0.2) is 11.5 Å². The molecule has 3 rings (SSSR count). The number of carbonyl (C=O) groups excluding carboxylic acids is 1. The van der Waals surface area contributed by atoms with Gasteiger partial charge in [0.1, 0.15) is 6.04 Å². The highest BCUT2D eigenvalue weighted by atomic mass is 16.5. The monoisotopic (exact) mass is 382 g/mol. The summed E-state index contributed by atoms with van der Waals surface area (Å²) < 4.78 is 11.5. The second-order valence-electron chi connectivity index (χ2n) is 7.02. The molecule has 1 aliphatic heterocycles. The number of fused-ring (bicyclic) bond motifs is 1. The van der Waals surface area contributed by atoms with Crippen LogP contribution < -0.4 is 14.8 Å². The zero-order chi connectivity index (χ0) is 19.9. The fraction of sp³-hybridized carbons (Fsp3) is 0.435. The van der Waals surface area contributed by atoms with E-state index in [2.05, 4.69) is 24.1 Å². The SMILES string of the molecule is CCN(CC)C(C(=O)NC(C)c1ccc2c(c1)OCCCO2)c1ccccc1. The fourth-order valence-electron chi connectivity index (χ4n) is 3.58. The average Bonchev–Trinajstić information content (AvgIpc) is 2.97. The molecule has 0 aromatic heterocycles. The van der Waals surface area contributed by atoms with Gasteiger partial charge in [-0.2, -0.15) is 0 Å². The molecular weight excluding hydrogens is 352 g/mol. The molecule has 1 heterocycles. The van der Waals surface area contributed by atoms with E-state index in [1.54, 1.807) is 0 Å². The Labute approximate surface area is 167 Å². The Kier molecular flexibility index (Phi) is 6.93. The minimum absolute atomic E-state index is 0.00881. The van der Waals surface area contributed by atoms with Gasteiger partial charge in [-0.15, -0.1) is 0 Å². The third-order valence-electron chi connectivity index (χ3n) is 5.17. The number of nitrogens with zero attached hydrogens (tertiary/aromatic N) is 1. The van der Waals surface area contributed by atoms with Crippen LogP contribution in [0, 0.1) is 0 Å². The van der Waals surface area contributed by atoms with E-state index in [-0.39, 0.29) is 18.0 Å². The molecule has 5 heteroatoms. The summed E-state index contributed by atoms with van der Waals surface area (Å²) >= 11 is 0. The van der Waals surface area contributed by atoms with Gasteiger partial charge in [0.25, 0.3) is 0 Å². The zero-order valence-electron chi connectivity index (χ0n) is 17.0. The summed E-state index contributed by atoms with van der Waals surface area (Å²) in [6, 6.07) is 15.4. The lowest BCUT2D eigenvalue weighted by molar-refractivity contribution is -0.127. The van der Waals surface area contributed by atoms with Crippen LogP contribution in [0.15, 0.2) is 48.5 Å². The van der Waals surface area contributed by atoms with Crippen LogP contribution in [0.5, 0.6) is 11.5 Å². The van der Waals surface area contributed by atoms with Crippen LogP contribution in [-0.4, -0.2) is 37.1 Å². The maximum Gasteiger partial charge on any atom is 0.242 e. The molecule has 0 saturated heterocycles. The van der Waals surface area contributed by atoms with Crippen LogP contribution in [0.4, 0.5) is 0 Å². The van der Waals surface area contributed by atoms with Crippen molar-refractivity contribution in [1.29, 1.82) is 0 Å². The minimum Gasteiger partial charge on any atom is -0.490 e. The topological polar surface area (TPSA) is 50.8 Å². The van der Waals surface area contributed by atoms with Crippen molar-refractivity contribution in [2.75, 3.05) is 26.3 Å². The lowest BCUT2D eigenvalue weighted by Gasteiger charge is -2.30. The van der Waals surface area contributed by atoms with Crippen molar-refractivity contribution in [3.63, 3.8) is 0 Å². The van der Waals surface area contributed by atoms with Crippen molar-refractivity contribution < 1.29 is 14.3 Å². The van der Waals surface area contributed by atoms with Gasteiger partial charge in [-0.05, 0) is 43.3 Å². The average molecular weight is 383 g/mol. The van der Waals surface area contributed by atoms with Crippen LogP contribution in [0.1, 0.15) is 50.4 Å². The van der Waals surface area contributed by atoms with E-state index in [9.17, 15) is 4.79 Å². The molecule has 28 heavy (non-hydrogen) atoms. The van der Waals surface area contributed by atoms with E-state index in [0.29, 0.717) is 13.2 Å². The summed E-state index contributed by atoms with van der Waals surface area (Å²) in [5.74, 6) is 1.53. The Hall–Kier alpha value is -2.53. The molecule has 0 bridgehead atoms. The van der Waals surface area contributed by atoms with E-state index < -0.39 is 0 Å². The Bertz CT molecular complexity index is 775. The number of carbonyl (C=O) groups is 1. The van der Waals surface area contributed by atoms with Gasteiger partial charge in [-0.1, -0.05) is 50.2 Å². The summed E-state index contributed by atoms with van der Waals surface area (Å²) in [4.78, 5) is 15.4. The summed E-state index contributed by atoms with van der Waals surface area (Å²) in [6.07, 6.45) is 0.874. The highest BCUT2D eigenvalue weighted by Crippen LogP contribution is 2.32. The lowest BCUT2D eigenvalue weighted by Crippen LogP contribution is -2.41. The number of benzene rings is 2. The Morgan fingerprint density at radius 1 is 1.00 bits per heavy atom. The summed E-state index contributed by atoms with van der Waals surface area (Å²) in [7, 11) is 0.